The molecular weight excluding hydrogens is 164 g/mol. The molecule has 1 aromatic rings. The van der Waals surface area contributed by atoms with Gasteiger partial charge in [-0.15, -0.1) is 0 Å². The van der Waals surface area contributed by atoms with Crippen molar-refractivity contribution in [1.29, 1.82) is 0 Å². The fraction of sp³-hybridized carbons (Fsp3) is 0.700. The fourth-order valence-corrected chi connectivity index (χ4v) is 2.69. The Balaban J connectivity index is 1.76. The molecule has 1 saturated carbocycles. The van der Waals surface area contributed by atoms with Gasteiger partial charge in [0.15, 0.2) is 0 Å². The summed E-state index contributed by atoms with van der Waals surface area (Å²) in [6.45, 7) is 2.41. The van der Waals surface area contributed by atoms with E-state index in [-0.39, 0.29) is 0 Å². The van der Waals surface area contributed by atoms with Gasteiger partial charge in [0.25, 0.3) is 0 Å². The molecule has 1 aliphatic carbocycles. The first-order valence-corrected chi connectivity index (χ1v) is 4.99. The molecule has 0 amide bonds. The standard InChI is InChI=1S/C10H14N2O/c1-3-10(6-11-7-10)5-8(1)9-2-4-12-13-9/h2,4,8,11H,1,3,5-7H2. The Bertz CT molecular complexity index is 290. The molecule has 70 valence electrons. The van der Waals surface area contributed by atoms with Crippen LogP contribution in [-0.4, -0.2) is 18.2 Å². The molecule has 1 saturated heterocycles. The maximum absolute atomic E-state index is 5.21. The minimum atomic E-state index is 0.609. The van der Waals surface area contributed by atoms with Gasteiger partial charge in [-0.3, -0.25) is 0 Å². The minimum Gasteiger partial charge on any atom is -0.361 e. The van der Waals surface area contributed by atoms with Gasteiger partial charge in [-0.1, -0.05) is 5.16 Å². The van der Waals surface area contributed by atoms with Gasteiger partial charge in [0, 0.05) is 25.1 Å². The lowest BCUT2D eigenvalue weighted by Crippen LogP contribution is -2.51. The number of aromatic nitrogens is 1. The number of hydrogen-bond donors (Lipinski definition) is 1. The molecule has 1 aromatic heterocycles. The van der Waals surface area contributed by atoms with E-state index in [4.69, 9.17) is 4.52 Å². The molecule has 3 nitrogen and oxygen atoms in total. The Labute approximate surface area is 77.5 Å². The topological polar surface area (TPSA) is 38.1 Å². The van der Waals surface area contributed by atoms with Gasteiger partial charge in [-0.2, -0.15) is 0 Å². The zero-order valence-corrected chi connectivity index (χ0v) is 7.62. The van der Waals surface area contributed by atoms with Gasteiger partial charge in [-0.05, 0) is 24.7 Å². The largest absolute Gasteiger partial charge is 0.361 e. The summed E-state index contributed by atoms with van der Waals surface area (Å²) in [5.74, 6) is 1.72. The van der Waals surface area contributed by atoms with E-state index in [2.05, 4.69) is 10.5 Å². The summed E-state index contributed by atoms with van der Waals surface area (Å²) in [6, 6.07) is 2.01. The van der Waals surface area contributed by atoms with Crippen molar-refractivity contribution < 1.29 is 4.52 Å². The first-order chi connectivity index (χ1) is 6.38. The van der Waals surface area contributed by atoms with Crippen molar-refractivity contribution in [3.8, 4) is 0 Å². The van der Waals surface area contributed by atoms with Crippen LogP contribution in [-0.2, 0) is 0 Å². The van der Waals surface area contributed by atoms with Crippen LogP contribution in [0.25, 0.3) is 0 Å². The zero-order chi connectivity index (χ0) is 8.73. The van der Waals surface area contributed by atoms with Gasteiger partial charge < -0.3 is 9.84 Å². The van der Waals surface area contributed by atoms with E-state index in [0.717, 1.165) is 5.76 Å². The lowest BCUT2D eigenvalue weighted by Gasteiger charge is -2.39. The summed E-state index contributed by atoms with van der Waals surface area (Å²) in [5.41, 5.74) is 0.609. The SMILES string of the molecule is c1cc(C2CCC3(CNC3)C2)on1. The molecule has 1 unspecified atom stereocenters. The second kappa shape index (κ2) is 2.58. The van der Waals surface area contributed by atoms with Crippen LogP contribution in [0.3, 0.4) is 0 Å². The number of nitrogens with one attached hydrogen (secondary N) is 1. The van der Waals surface area contributed by atoms with Crippen LogP contribution in [0.15, 0.2) is 16.8 Å². The predicted octanol–water partition coefficient (Wildman–Crippen LogP) is 1.53. The average Bonchev–Trinajstić information content (AvgIpc) is 2.71. The minimum absolute atomic E-state index is 0.609. The van der Waals surface area contributed by atoms with Gasteiger partial charge >= 0.3 is 0 Å². The second-order valence-electron chi connectivity index (χ2n) is 4.46. The molecule has 2 heterocycles. The highest BCUT2D eigenvalue weighted by molar-refractivity contribution is 5.10. The Hall–Kier alpha value is -0.830. The summed E-state index contributed by atoms with van der Waals surface area (Å²) in [4.78, 5) is 0. The summed E-state index contributed by atoms with van der Waals surface area (Å²) in [6.07, 6.45) is 5.66. The Morgan fingerprint density at radius 3 is 3.00 bits per heavy atom. The normalized spacial score (nSPS) is 30.6. The molecule has 3 heteroatoms. The molecule has 2 aliphatic rings. The van der Waals surface area contributed by atoms with E-state index in [0.29, 0.717) is 11.3 Å². The maximum Gasteiger partial charge on any atom is 0.139 e. The lowest BCUT2D eigenvalue weighted by molar-refractivity contribution is 0.173. The first-order valence-electron chi connectivity index (χ1n) is 4.99. The Morgan fingerprint density at radius 2 is 2.46 bits per heavy atom. The van der Waals surface area contributed by atoms with Crippen molar-refractivity contribution >= 4 is 0 Å². The molecule has 1 atom stereocenters. The highest BCUT2D eigenvalue weighted by Gasteiger charge is 2.44. The zero-order valence-electron chi connectivity index (χ0n) is 7.62. The maximum atomic E-state index is 5.21. The predicted molar refractivity (Wildman–Crippen MR) is 48.4 cm³/mol. The van der Waals surface area contributed by atoms with E-state index in [1.807, 2.05) is 6.07 Å². The van der Waals surface area contributed by atoms with E-state index < -0.39 is 0 Å². The van der Waals surface area contributed by atoms with E-state index >= 15 is 0 Å². The molecule has 3 rings (SSSR count). The smallest absolute Gasteiger partial charge is 0.139 e. The Kier molecular flexibility index (Phi) is 1.50. The lowest BCUT2D eigenvalue weighted by atomic mass is 9.79. The van der Waals surface area contributed by atoms with Crippen molar-refractivity contribution in [3.63, 3.8) is 0 Å². The molecule has 0 radical (unpaired) electrons. The van der Waals surface area contributed by atoms with Gasteiger partial charge in [0.1, 0.15) is 5.76 Å². The average molecular weight is 178 g/mol. The van der Waals surface area contributed by atoms with Gasteiger partial charge in [0.2, 0.25) is 0 Å². The van der Waals surface area contributed by atoms with E-state index in [9.17, 15) is 0 Å². The van der Waals surface area contributed by atoms with E-state index in [1.165, 1.54) is 32.4 Å². The Morgan fingerprint density at radius 1 is 1.54 bits per heavy atom. The molecule has 1 aliphatic heterocycles. The van der Waals surface area contributed by atoms with Crippen molar-refractivity contribution in [2.75, 3.05) is 13.1 Å². The quantitative estimate of drug-likeness (QED) is 0.708. The van der Waals surface area contributed by atoms with Crippen molar-refractivity contribution in [3.05, 3.63) is 18.0 Å². The van der Waals surface area contributed by atoms with Crippen molar-refractivity contribution in [2.24, 2.45) is 5.41 Å². The van der Waals surface area contributed by atoms with Crippen LogP contribution < -0.4 is 5.32 Å². The summed E-state index contributed by atoms with van der Waals surface area (Å²) in [5, 5.41) is 7.13. The number of rotatable bonds is 1. The first kappa shape index (κ1) is 7.56. The molecule has 1 spiro atoms. The third-order valence-corrected chi connectivity index (χ3v) is 3.56. The van der Waals surface area contributed by atoms with Crippen LogP contribution in [0, 0.1) is 5.41 Å². The second-order valence-corrected chi connectivity index (χ2v) is 4.46. The molecule has 0 aromatic carbocycles. The molecule has 0 bridgehead atoms. The highest BCUT2D eigenvalue weighted by Crippen LogP contribution is 2.48. The third-order valence-electron chi connectivity index (χ3n) is 3.56. The van der Waals surface area contributed by atoms with Crippen LogP contribution in [0.4, 0.5) is 0 Å². The molecule has 1 N–H and O–H groups in total. The monoisotopic (exact) mass is 178 g/mol. The highest BCUT2D eigenvalue weighted by atomic mass is 16.5. The molecular formula is C10H14N2O. The summed E-state index contributed by atoms with van der Waals surface area (Å²) in [7, 11) is 0. The summed E-state index contributed by atoms with van der Waals surface area (Å²) < 4.78 is 5.21. The van der Waals surface area contributed by atoms with Gasteiger partial charge in [-0.25, -0.2) is 0 Å². The molecule has 13 heavy (non-hydrogen) atoms. The number of hydrogen-bond acceptors (Lipinski definition) is 3. The summed E-state index contributed by atoms with van der Waals surface area (Å²) >= 11 is 0. The van der Waals surface area contributed by atoms with Gasteiger partial charge in [0.05, 0.1) is 6.20 Å². The van der Waals surface area contributed by atoms with Crippen molar-refractivity contribution in [1.82, 2.24) is 10.5 Å². The fourth-order valence-electron chi connectivity index (χ4n) is 2.69. The van der Waals surface area contributed by atoms with Crippen LogP contribution in [0.2, 0.25) is 0 Å². The van der Waals surface area contributed by atoms with E-state index in [1.54, 1.807) is 6.20 Å². The number of nitrogens with zero attached hydrogens (tertiary/aromatic N) is 1. The van der Waals surface area contributed by atoms with Crippen LogP contribution in [0.1, 0.15) is 30.9 Å². The third kappa shape index (κ3) is 1.10. The van der Waals surface area contributed by atoms with Crippen LogP contribution >= 0.6 is 0 Å². The van der Waals surface area contributed by atoms with Crippen LogP contribution in [0.5, 0.6) is 0 Å². The van der Waals surface area contributed by atoms with Crippen molar-refractivity contribution in [2.45, 2.75) is 25.2 Å². The molecule has 2 fully saturated rings.